The third kappa shape index (κ3) is 6.74. The molecule has 5 rings (SSSR count). The van der Waals surface area contributed by atoms with Gasteiger partial charge in [0.25, 0.3) is 0 Å². The Morgan fingerprint density at radius 2 is 1.83 bits per heavy atom. The molecule has 2 amide bonds. The summed E-state index contributed by atoms with van der Waals surface area (Å²) in [5.74, 6) is 0.414. The van der Waals surface area contributed by atoms with Crippen molar-refractivity contribution in [3.63, 3.8) is 0 Å². The predicted molar refractivity (Wildman–Crippen MR) is 160 cm³/mol. The van der Waals surface area contributed by atoms with Gasteiger partial charge in [0.05, 0.1) is 40.6 Å². The van der Waals surface area contributed by atoms with Crippen LogP contribution in [0.2, 0.25) is 0 Å². The van der Waals surface area contributed by atoms with Crippen LogP contribution in [-0.2, 0) is 12.5 Å². The molecule has 2 aromatic carbocycles. The number of nitriles is 1. The van der Waals surface area contributed by atoms with Crippen LogP contribution < -0.4 is 15.4 Å². The fraction of sp³-hybridized carbons (Fsp3) is 0.167. The van der Waals surface area contributed by atoms with E-state index in [0.29, 0.717) is 28.5 Å². The summed E-state index contributed by atoms with van der Waals surface area (Å²) in [5.41, 5.74) is 2.93. The van der Waals surface area contributed by atoms with Gasteiger partial charge in [0.1, 0.15) is 23.1 Å². The highest BCUT2D eigenvalue weighted by atomic mass is 35.5. The first-order valence-corrected chi connectivity index (χ1v) is 12.7. The molecule has 3 aromatic heterocycles. The highest BCUT2D eigenvalue weighted by molar-refractivity contribution is 5.99. The standard InChI is InChI=1S/C30H27FN8O2.ClH/c1-30(2,3)27-15-28(39(37-27)21-7-5-6-19(12-21)16-32)36-29(40)35-25-9-8-22(13-24(25)31)41-23-10-11-33-26(14-23)20-17-34-38(4)18-20;/h5-15,17-18H,1-4H3,(H2,35,36,40);1H. The van der Waals surface area contributed by atoms with Crippen LogP contribution in [0.1, 0.15) is 32.0 Å². The molecular weight excluding hydrogens is 559 g/mol. The van der Waals surface area contributed by atoms with Crippen LogP contribution in [0.25, 0.3) is 16.9 Å². The van der Waals surface area contributed by atoms with Gasteiger partial charge in [-0.2, -0.15) is 15.5 Å². The molecule has 5 aromatic rings. The Labute approximate surface area is 248 Å². The number of urea groups is 1. The molecule has 12 heteroatoms. The number of aromatic nitrogens is 5. The number of nitrogens with zero attached hydrogens (tertiary/aromatic N) is 6. The van der Waals surface area contributed by atoms with Gasteiger partial charge in [0.2, 0.25) is 0 Å². The number of nitrogens with one attached hydrogen (secondary N) is 2. The third-order valence-electron chi connectivity index (χ3n) is 6.10. The summed E-state index contributed by atoms with van der Waals surface area (Å²) < 4.78 is 24.0. The van der Waals surface area contributed by atoms with Crippen molar-refractivity contribution >= 4 is 29.9 Å². The molecule has 0 fully saturated rings. The number of aryl methyl sites for hydroxylation is 1. The van der Waals surface area contributed by atoms with E-state index in [0.717, 1.165) is 11.3 Å². The van der Waals surface area contributed by atoms with Gasteiger partial charge in [-0.05, 0) is 36.4 Å². The molecular formula is C30H28ClFN8O2. The Morgan fingerprint density at radius 1 is 1.05 bits per heavy atom. The lowest BCUT2D eigenvalue weighted by Gasteiger charge is -2.14. The highest BCUT2D eigenvalue weighted by Crippen LogP contribution is 2.29. The Hall–Kier alpha value is -5.21. The molecule has 0 aliphatic rings. The van der Waals surface area contributed by atoms with E-state index < -0.39 is 11.8 Å². The molecule has 10 nitrogen and oxygen atoms in total. The van der Waals surface area contributed by atoms with Crippen molar-refractivity contribution in [2.45, 2.75) is 26.2 Å². The van der Waals surface area contributed by atoms with E-state index >= 15 is 0 Å². The normalized spacial score (nSPS) is 10.9. The van der Waals surface area contributed by atoms with E-state index in [1.165, 1.54) is 12.1 Å². The molecule has 0 atom stereocenters. The fourth-order valence-corrected chi connectivity index (χ4v) is 3.99. The van der Waals surface area contributed by atoms with E-state index in [2.05, 4.69) is 31.9 Å². The average Bonchev–Trinajstić information content (AvgIpc) is 3.57. The van der Waals surface area contributed by atoms with Gasteiger partial charge < -0.3 is 10.1 Å². The zero-order valence-corrected chi connectivity index (χ0v) is 24.1. The van der Waals surface area contributed by atoms with E-state index in [1.54, 1.807) is 70.3 Å². The second kappa shape index (κ2) is 12.1. The van der Waals surface area contributed by atoms with E-state index in [1.807, 2.05) is 34.0 Å². The molecule has 2 N–H and O–H groups in total. The summed E-state index contributed by atoms with van der Waals surface area (Å²) in [4.78, 5) is 17.3. The molecule has 0 saturated carbocycles. The second-order valence-corrected chi connectivity index (χ2v) is 10.3. The van der Waals surface area contributed by atoms with Crippen LogP contribution in [0.15, 0.2) is 79.3 Å². The first-order valence-electron chi connectivity index (χ1n) is 12.7. The molecule has 0 bridgehead atoms. The molecule has 0 radical (unpaired) electrons. The van der Waals surface area contributed by atoms with Crippen LogP contribution in [0.4, 0.5) is 20.7 Å². The van der Waals surface area contributed by atoms with Crippen molar-refractivity contribution < 1.29 is 13.9 Å². The Balaban J connectivity index is 0.00000405. The Bertz CT molecular complexity index is 1780. The molecule has 0 aliphatic heterocycles. The Morgan fingerprint density at radius 3 is 2.52 bits per heavy atom. The minimum Gasteiger partial charge on any atom is -0.457 e. The minimum atomic E-state index is -0.676. The largest absolute Gasteiger partial charge is 0.457 e. The number of anilines is 2. The third-order valence-corrected chi connectivity index (χ3v) is 6.10. The van der Waals surface area contributed by atoms with Crippen LogP contribution in [0.3, 0.4) is 0 Å². The monoisotopic (exact) mass is 586 g/mol. The molecule has 214 valence electrons. The smallest absolute Gasteiger partial charge is 0.324 e. The zero-order valence-electron chi connectivity index (χ0n) is 23.3. The highest BCUT2D eigenvalue weighted by Gasteiger charge is 2.22. The lowest BCUT2D eigenvalue weighted by molar-refractivity contribution is 0.262. The zero-order chi connectivity index (χ0) is 29.1. The number of ether oxygens (including phenoxy) is 1. The summed E-state index contributed by atoms with van der Waals surface area (Å²) >= 11 is 0. The number of rotatable bonds is 6. The maximum atomic E-state index is 15.0. The van der Waals surface area contributed by atoms with Gasteiger partial charge in [-0.1, -0.05) is 26.8 Å². The number of hydrogen-bond acceptors (Lipinski definition) is 6. The Kier molecular flexibility index (Phi) is 8.59. The van der Waals surface area contributed by atoms with Crippen molar-refractivity contribution in [2.24, 2.45) is 7.05 Å². The number of benzene rings is 2. The molecule has 3 heterocycles. The first-order chi connectivity index (χ1) is 19.6. The van der Waals surface area contributed by atoms with Crippen molar-refractivity contribution in [3.05, 3.63) is 96.3 Å². The number of pyridine rings is 1. The number of halogens is 2. The van der Waals surface area contributed by atoms with Gasteiger partial charge >= 0.3 is 6.03 Å². The van der Waals surface area contributed by atoms with E-state index in [9.17, 15) is 14.4 Å². The van der Waals surface area contributed by atoms with E-state index in [4.69, 9.17) is 4.74 Å². The summed E-state index contributed by atoms with van der Waals surface area (Å²) in [6.07, 6.45) is 5.12. The lowest BCUT2D eigenvalue weighted by Crippen LogP contribution is -2.22. The quantitative estimate of drug-likeness (QED) is 0.225. The van der Waals surface area contributed by atoms with Crippen LogP contribution in [0.5, 0.6) is 11.5 Å². The predicted octanol–water partition coefficient (Wildman–Crippen LogP) is 6.83. The lowest BCUT2D eigenvalue weighted by atomic mass is 9.92. The summed E-state index contributed by atoms with van der Waals surface area (Å²) in [6, 6.07) is 17.6. The number of carbonyl (C=O) groups excluding carboxylic acids is 1. The first kappa shape index (κ1) is 29.8. The topological polar surface area (TPSA) is 123 Å². The van der Waals surface area contributed by atoms with Crippen LogP contribution in [-0.4, -0.2) is 30.6 Å². The van der Waals surface area contributed by atoms with Crippen molar-refractivity contribution in [2.75, 3.05) is 10.6 Å². The van der Waals surface area contributed by atoms with Crippen molar-refractivity contribution in [1.82, 2.24) is 24.5 Å². The maximum absolute atomic E-state index is 15.0. The van der Waals surface area contributed by atoms with Crippen LogP contribution in [0, 0.1) is 17.1 Å². The van der Waals surface area contributed by atoms with Crippen molar-refractivity contribution in [3.8, 4) is 34.5 Å². The van der Waals surface area contributed by atoms with Gasteiger partial charge in [-0.3, -0.25) is 15.0 Å². The van der Waals surface area contributed by atoms with E-state index in [-0.39, 0.29) is 29.3 Å². The van der Waals surface area contributed by atoms with Gasteiger partial charge in [0, 0.05) is 48.6 Å². The fourth-order valence-electron chi connectivity index (χ4n) is 3.99. The molecule has 0 saturated heterocycles. The second-order valence-electron chi connectivity index (χ2n) is 10.3. The van der Waals surface area contributed by atoms with Crippen LogP contribution >= 0.6 is 12.4 Å². The van der Waals surface area contributed by atoms with Crippen molar-refractivity contribution in [1.29, 1.82) is 5.26 Å². The summed E-state index contributed by atoms with van der Waals surface area (Å²) in [7, 11) is 1.81. The molecule has 42 heavy (non-hydrogen) atoms. The number of amides is 2. The maximum Gasteiger partial charge on any atom is 0.324 e. The minimum absolute atomic E-state index is 0. The van der Waals surface area contributed by atoms with Gasteiger partial charge in [-0.25, -0.2) is 13.9 Å². The average molecular weight is 587 g/mol. The molecule has 0 aliphatic carbocycles. The summed E-state index contributed by atoms with van der Waals surface area (Å²) in [5, 5.41) is 23.4. The molecule has 0 spiro atoms. The number of hydrogen-bond donors (Lipinski definition) is 2. The SMILES string of the molecule is Cl.Cn1cc(-c2cc(Oc3ccc(NC(=O)Nc4cc(C(C)(C)C)nn4-c4cccc(C#N)c4)c(F)c3)ccn2)cn1. The van der Waals surface area contributed by atoms with Gasteiger partial charge in [0.15, 0.2) is 0 Å². The number of carbonyl (C=O) groups is 1. The van der Waals surface area contributed by atoms with Gasteiger partial charge in [-0.15, -0.1) is 12.4 Å². The molecule has 0 unspecified atom stereocenters. The summed E-state index contributed by atoms with van der Waals surface area (Å²) in [6.45, 7) is 6.00.